The summed E-state index contributed by atoms with van der Waals surface area (Å²) in [7, 11) is -2.12. The Labute approximate surface area is 209 Å². The van der Waals surface area contributed by atoms with Crippen molar-refractivity contribution in [3.63, 3.8) is 0 Å². The van der Waals surface area contributed by atoms with Gasteiger partial charge in [-0.1, -0.05) is 36.4 Å². The summed E-state index contributed by atoms with van der Waals surface area (Å²) >= 11 is 0. The average molecular weight is 511 g/mol. The van der Waals surface area contributed by atoms with Crippen LogP contribution < -0.4 is 15.4 Å². The maximum atomic E-state index is 12.6. The van der Waals surface area contributed by atoms with Gasteiger partial charge in [-0.25, -0.2) is 13.1 Å². The molecule has 0 aliphatic heterocycles. The highest BCUT2D eigenvalue weighted by molar-refractivity contribution is 7.90. The smallest absolute Gasteiger partial charge is 0.274 e. The molecular formula is C24H26N6O5S. The van der Waals surface area contributed by atoms with Crippen molar-refractivity contribution in [1.29, 1.82) is 5.26 Å². The molecule has 0 saturated heterocycles. The number of hydrogen-bond acceptors (Lipinski definition) is 8. The van der Waals surface area contributed by atoms with E-state index in [1.165, 1.54) is 36.2 Å². The zero-order valence-corrected chi connectivity index (χ0v) is 20.9. The molecular weight excluding hydrogens is 484 g/mol. The minimum Gasteiger partial charge on any atom is -0.496 e. The zero-order chi connectivity index (χ0) is 26.3. The molecule has 1 aromatic heterocycles. The van der Waals surface area contributed by atoms with Crippen LogP contribution in [0.1, 0.15) is 44.9 Å². The first-order valence-corrected chi connectivity index (χ1v) is 12.9. The van der Waals surface area contributed by atoms with E-state index in [2.05, 4.69) is 27.0 Å². The molecule has 0 aliphatic carbocycles. The normalized spacial score (nSPS) is 11.8. The molecule has 1 heterocycles. The third-order valence-corrected chi connectivity index (χ3v) is 6.48. The van der Waals surface area contributed by atoms with Crippen LogP contribution >= 0.6 is 0 Å². The van der Waals surface area contributed by atoms with Crippen LogP contribution in [-0.2, 0) is 22.8 Å². The first-order valence-electron chi connectivity index (χ1n) is 11.0. The molecule has 1 atom stereocenters. The summed E-state index contributed by atoms with van der Waals surface area (Å²) < 4.78 is 30.2. The van der Waals surface area contributed by atoms with Gasteiger partial charge in [0.1, 0.15) is 11.8 Å². The highest BCUT2D eigenvalue weighted by Crippen LogP contribution is 2.22. The quantitative estimate of drug-likeness (QED) is 0.417. The van der Waals surface area contributed by atoms with Crippen molar-refractivity contribution in [3.05, 3.63) is 71.0 Å². The van der Waals surface area contributed by atoms with E-state index in [0.717, 1.165) is 18.2 Å². The van der Waals surface area contributed by atoms with Gasteiger partial charge in [-0.3, -0.25) is 9.59 Å². The Bertz CT molecular complexity index is 1390. The number of benzene rings is 2. The Kier molecular flexibility index (Phi) is 8.39. The van der Waals surface area contributed by atoms with Crippen molar-refractivity contribution in [2.45, 2.75) is 30.8 Å². The first kappa shape index (κ1) is 26.4. The lowest BCUT2D eigenvalue weighted by atomic mass is 10.0. The fourth-order valence-corrected chi connectivity index (χ4v) is 3.97. The van der Waals surface area contributed by atoms with Gasteiger partial charge in [-0.05, 0) is 35.7 Å². The fourth-order valence-electron chi connectivity index (χ4n) is 3.33. The first-order chi connectivity index (χ1) is 17.2. The van der Waals surface area contributed by atoms with Gasteiger partial charge in [-0.2, -0.15) is 5.26 Å². The van der Waals surface area contributed by atoms with Crippen LogP contribution in [0.15, 0.2) is 53.6 Å². The lowest BCUT2D eigenvalue weighted by Crippen LogP contribution is -2.28. The van der Waals surface area contributed by atoms with Gasteiger partial charge in [0, 0.05) is 12.8 Å². The third-order valence-electron chi connectivity index (χ3n) is 5.37. The molecule has 0 bridgehead atoms. The van der Waals surface area contributed by atoms with E-state index in [1.807, 2.05) is 19.1 Å². The zero-order valence-electron chi connectivity index (χ0n) is 20.1. The summed E-state index contributed by atoms with van der Waals surface area (Å²) in [5, 5.41) is 22.5. The van der Waals surface area contributed by atoms with E-state index in [9.17, 15) is 23.3 Å². The number of carbonyl (C=O) groups is 2. The number of nitrogens with one attached hydrogen (secondary N) is 2. The van der Waals surface area contributed by atoms with Gasteiger partial charge in [0.15, 0.2) is 15.5 Å². The molecule has 3 rings (SSSR count). The number of nitriles is 1. The van der Waals surface area contributed by atoms with Gasteiger partial charge in [-0.15, -0.1) is 5.10 Å². The molecule has 11 nitrogen and oxygen atoms in total. The Hall–Kier alpha value is -4.24. The van der Waals surface area contributed by atoms with Crippen molar-refractivity contribution in [2.24, 2.45) is 0 Å². The Morgan fingerprint density at radius 2 is 1.89 bits per heavy atom. The second kappa shape index (κ2) is 11.5. The lowest BCUT2D eigenvalue weighted by Gasteiger charge is -2.11. The number of sulfone groups is 1. The maximum absolute atomic E-state index is 12.6. The summed E-state index contributed by atoms with van der Waals surface area (Å²) in [5.41, 5.74) is 1.88. The topological polar surface area (TPSA) is 156 Å². The second-order valence-corrected chi connectivity index (χ2v) is 9.90. The number of rotatable bonds is 10. The molecule has 0 aliphatic rings. The van der Waals surface area contributed by atoms with E-state index >= 15 is 0 Å². The number of nitrogens with zero attached hydrogens (tertiary/aromatic N) is 4. The van der Waals surface area contributed by atoms with Gasteiger partial charge >= 0.3 is 0 Å². The van der Waals surface area contributed by atoms with Crippen molar-refractivity contribution in [3.8, 4) is 11.8 Å². The van der Waals surface area contributed by atoms with Crippen LogP contribution in [0.2, 0.25) is 0 Å². The molecule has 36 heavy (non-hydrogen) atoms. The number of aryl methyl sites for hydroxylation is 1. The van der Waals surface area contributed by atoms with E-state index in [4.69, 9.17) is 4.74 Å². The molecule has 12 heteroatoms. The van der Waals surface area contributed by atoms with Crippen LogP contribution in [0.4, 0.5) is 0 Å². The minimum absolute atomic E-state index is 0.00244. The highest BCUT2D eigenvalue weighted by Gasteiger charge is 2.19. The van der Waals surface area contributed by atoms with Gasteiger partial charge in [0.05, 0.1) is 36.4 Å². The summed E-state index contributed by atoms with van der Waals surface area (Å²) in [4.78, 5) is 25.2. The Morgan fingerprint density at radius 1 is 1.17 bits per heavy atom. The molecule has 2 amide bonds. The number of ether oxygens (including phenoxy) is 1. The molecule has 3 aromatic rings. The van der Waals surface area contributed by atoms with E-state index in [1.54, 1.807) is 12.1 Å². The molecule has 2 N–H and O–H groups in total. The summed E-state index contributed by atoms with van der Waals surface area (Å²) in [6.07, 6.45) is 3.32. The minimum atomic E-state index is -3.50. The monoisotopic (exact) mass is 510 g/mol. The number of carbonyl (C=O) groups excluding carboxylic acids is 2. The molecule has 188 valence electrons. The summed E-state index contributed by atoms with van der Waals surface area (Å²) in [5.74, 6) is -0.851. The molecule has 1 unspecified atom stereocenters. The predicted molar refractivity (Wildman–Crippen MR) is 130 cm³/mol. The summed E-state index contributed by atoms with van der Waals surface area (Å²) in [6.45, 7) is 2.35. The van der Waals surface area contributed by atoms with E-state index in [-0.39, 0.29) is 35.0 Å². The van der Waals surface area contributed by atoms with Crippen molar-refractivity contribution in [2.75, 3.05) is 19.9 Å². The van der Waals surface area contributed by atoms with Crippen LogP contribution in [0.3, 0.4) is 0 Å². The fraction of sp³-hybridized carbons (Fsp3) is 0.292. The Morgan fingerprint density at radius 3 is 2.50 bits per heavy atom. The van der Waals surface area contributed by atoms with Crippen molar-refractivity contribution >= 4 is 21.7 Å². The maximum Gasteiger partial charge on any atom is 0.274 e. The van der Waals surface area contributed by atoms with Crippen molar-refractivity contribution in [1.82, 2.24) is 25.6 Å². The standard InChI is InChI=1S/C24H26N6O5S/c1-4-16-5-7-17(8-6-16)20(14-25)27-24(32)21-15-30(29-28-21)12-11-26-23(31)19-13-18(36(3,33)34)9-10-22(19)35-2/h5-10,13,15,20H,4,11-12H2,1-3H3,(H,26,31)(H,27,32). The van der Waals surface area contributed by atoms with Crippen LogP contribution in [0, 0.1) is 11.3 Å². The number of amides is 2. The van der Waals surface area contributed by atoms with Gasteiger partial charge < -0.3 is 15.4 Å². The van der Waals surface area contributed by atoms with E-state index < -0.39 is 27.7 Å². The third kappa shape index (κ3) is 6.45. The summed E-state index contributed by atoms with van der Waals surface area (Å²) in [6, 6.07) is 12.7. The number of aromatic nitrogens is 3. The largest absolute Gasteiger partial charge is 0.496 e. The SMILES string of the molecule is CCc1ccc(C(C#N)NC(=O)c2cn(CCNC(=O)c3cc(S(C)(=O)=O)ccc3OC)nn2)cc1. The lowest BCUT2D eigenvalue weighted by molar-refractivity contribution is 0.0934. The molecule has 0 radical (unpaired) electrons. The second-order valence-electron chi connectivity index (χ2n) is 7.89. The molecule has 0 fully saturated rings. The molecule has 0 spiro atoms. The molecule has 2 aromatic carbocycles. The van der Waals surface area contributed by atoms with E-state index in [0.29, 0.717) is 5.56 Å². The van der Waals surface area contributed by atoms with Crippen molar-refractivity contribution < 1.29 is 22.7 Å². The van der Waals surface area contributed by atoms with Gasteiger partial charge in [0.2, 0.25) is 0 Å². The number of methoxy groups -OCH3 is 1. The number of hydrogen-bond donors (Lipinski definition) is 2. The Balaban J connectivity index is 1.59. The van der Waals surface area contributed by atoms with Crippen LogP contribution in [0.5, 0.6) is 5.75 Å². The van der Waals surface area contributed by atoms with Gasteiger partial charge in [0.25, 0.3) is 11.8 Å². The highest BCUT2D eigenvalue weighted by atomic mass is 32.2. The van der Waals surface area contributed by atoms with Crippen LogP contribution in [-0.4, -0.2) is 55.1 Å². The molecule has 0 saturated carbocycles. The predicted octanol–water partition coefficient (Wildman–Crippen LogP) is 1.68. The van der Waals surface area contributed by atoms with Crippen LogP contribution in [0.25, 0.3) is 0 Å². The average Bonchev–Trinajstić information content (AvgIpc) is 3.35.